The zero-order chi connectivity index (χ0) is 62.3. The van der Waals surface area contributed by atoms with Crippen molar-refractivity contribution < 1.29 is 88.1 Å². The summed E-state index contributed by atoms with van der Waals surface area (Å²) in [4.78, 5) is 110. The van der Waals surface area contributed by atoms with E-state index in [4.69, 9.17) is 15.6 Å². The van der Waals surface area contributed by atoms with Gasteiger partial charge < -0.3 is 57.7 Å². The number of amides is 7. The van der Waals surface area contributed by atoms with E-state index in [0.717, 1.165) is 0 Å². The lowest BCUT2D eigenvalue weighted by molar-refractivity contribution is -0.192. The van der Waals surface area contributed by atoms with E-state index in [0.29, 0.717) is 46.1 Å². The van der Waals surface area contributed by atoms with Crippen LogP contribution in [0.1, 0.15) is 73.4 Å². The zero-order valence-corrected chi connectivity index (χ0v) is 45.3. The van der Waals surface area contributed by atoms with E-state index in [1.807, 2.05) is 0 Å². The number of carbonyl (C=O) groups excluding carboxylic acids is 7. The summed E-state index contributed by atoms with van der Waals surface area (Å²) in [5.41, 5.74) is 4.91. The number of H-pyrrole nitrogens is 1. The second kappa shape index (κ2) is 29.0. The van der Waals surface area contributed by atoms with Gasteiger partial charge in [-0.1, -0.05) is 74.5 Å². The van der Waals surface area contributed by atoms with Crippen molar-refractivity contribution >= 4 is 58.2 Å². The topological polar surface area (TPSA) is 294 Å². The Bertz CT molecular complexity index is 3090. The second-order valence-electron chi connectivity index (χ2n) is 20.2. The van der Waals surface area contributed by atoms with Crippen molar-refractivity contribution in [2.45, 2.75) is 121 Å². The monoisotopic (exact) mass is 1190 g/mol. The molecule has 0 spiro atoms. The fraction of sp³-hybridized carbons (Fsp3) is 0.393. The molecule has 454 valence electrons. The number of aromatic nitrogens is 1. The van der Waals surface area contributed by atoms with E-state index >= 15 is 0 Å². The highest BCUT2D eigenvalue weighted by atomic mass is 19.4. The summed E-state index contributed by atoms with van der Waals surface area (Å²) in [6.45, 7) is 3.64. The van der Waals surface area contributed by atoms with E-state index in [2.05, 4.69) is 36.9 Å². The van der Waals surface area contributed by atoms with Gasteiger partial charge in [0.2, 0.25) is 41.4 Å². The third kappa shape index (κ3) is 19.8. The molecule has 28 heteroatoms. The Morgan fingerprint density at radius 1 is 0.655 bits per heavy atom. The van der Waals surface area contributed by atoms with Gasteiger partial charge in [0.25, 0.3) is 0 Å². The summed E-state index contributed by atoms with van der Waals surface area (Å²) in [5, 5.41) is 32.7. The Balaban J connectivity index is 0.00000173. The highest BCUT2D eigenvalue weighted by molar-refractivity contribution is 5.97. The van der Waals surface area contributed by atoms with Gasteiger partial charge in [-0.2, -0.15) is 39.5 Å². The molecule has 1 fully saturated rings. The van der Waals surface area contributed by atoms with Gasteiger partial charge in [0.15, 0.2) is 0 Å². The number of aromatic amines is 1. The third-order valence-corrected chi connectivity index (χ3v) is 13.1. The predicted octanol–water partition coefficient (Wildman–Crippen LogP) is 5.33. The first-order chi connectivity index (χ1) is 39.3. The van der Waals surface area contributed by atoms with Gasteiger partial charge in [0.1, 0.15) is 36.0 Å². The molecule has 0 aliphatic carbocycles. The molecule has 7 amide bonds. The summed E-state index contributed by atoms with van der Waals surface area (Å²) in [5.74, 6) is -8.25. The molecule has 2 heterocycles. The number of nitrogens with two attached hydrogens (primary N) is 1. The van der Waals surface area contributed by atoms with Crippen molar-refractivity contribution in [3.63, 3.8) is 0 Å². The molecule has 0 saturated carbocycles. The average Bonchev–Trinajstić information content (AvgIpc) is 3.74. The van der Waals surface area contributed by atoms with E-state index in [-0.39, 0.29) is 56.4 Å². The smallest absolute Gasteiger partial charge is 0.490 e. The minimum absolute atomic E-state index is 0.0227. The Kier molecular flexibility index (Phi) is 22.8. The SMILES string of the molecule is CC(C)C[C@H](NC(=O)[C@@H]1CCCN1C(=O)[C@H](Cc1ccccc1)NC(=O)CNC(=O)[C@@H](C)NC(=O)[C@@H](N)Cc1ccc(O)cc1)C(=O)N[C@@H](Cc1c[nH]c2ccccc12)C(=O)NCc1cc(C(F)(F)F)cc(C(F)(F)F)c1.O=C(O)C(F)(F)F. The molecule has 84 heavy (non-hydrogen) atoms. The van der Waals surface area contributed by atoms with Crippen molar-refractivity contribution in [1.82, 2.24) is 41.8 Å². The van der Waals surface area contributed by atoms with Gasteiger partial charge in [0, 0.05) is 43.0 Å². The van der Waals surface area contributed by atoms with Crippen LogP contribution in [0, 0.1) is 5.92 Å². The molecule has 6 rings (SSSR count). The van der Waals surface area contributed by atoms with Crippen LogP contribution in [0.4, 0.5) is 39.5 Å². The van der Waals surface area contributed by atoms with Gasteiger partial charge in [-0.25, -0.2) is 4.79 Å². The number of rotatable bonds is 22. The van der Waals surface area contributed by atoms with Gasteiger partial charge in [-0.05, 0) is 97.2 Å². The number of benzene rings is 4. The normalized spacial score (nSPS) is 15.3. The van der Waals surface area contributed by atoms with Crippen molar-refractivity contribution in [3.05, 3.63) is 137 Å². The zero-order valence-electron chi connectivity index (χ0n) is 45.3. The lowest BCUT2D eigenvalue weighted by Crippen LogP contribution is -2.59. The number of phenols is 1. The first-order valence-electron chi connectivity index (χ1n) is 26.1. The molecule has 11 N–H and O–H groups in total. The summed E-state index contributed by atoms with van der Waals surface area (Å²) in [7, 11) is 0. The van der Waals surface area contributed by atoms with E-state index in [9.17, 15) is 78.2 Å². The summed E-state index contributed by atoms with van der Waals surface area (Å²) in [6.07, 6.45) is -13.3. The molecule has 1 aliphatic rings. The van der Waals surface area contributed by atoms with Crippen LogP contribution in [0.15, 0.2) is 103 Å². The number of aliphatic carboxylic acids is 1. The van der Waals surface area contributed by atoms with Gasteiger partial charge in [0.05, 0.1) is 23.7 Å². The van der Waals surface area contributed by atoms with Gasteiger partial charge >= 0.3 is 24.5 Å². The largest absolute Gasteiger partial charge is 0.508 e. The number of aromatic hydroxyl groups is 1. The van der Waals surface area contributed by atoms with E-state index in [1.165, 1.54) is 24.0 Å². The van der Waals surface area contributed by atoms with Crippen molar-refractivity contribution in [1.29, 1.82) is 0 Å². The van der Waals surface area contributed by atoms with E-state index in [1.54, 1.807) is 86.8 Å². The number of alkyl halides is 9. The first kappa shape index (κ1) is 66.1. The molecule has 6 atom stereocenters. The minimum atomic E-state index is -5.14. The molecule has 5 aromatic rings. The Morgan fingerprint density at radius 2 is 1.25 bits per heavy atom. The number of hydrogen-bond donors (Lipinski definition) is 10. The molecule has 0 radical (unpaired) electrons. The molecule has 4 aromatic carbocycles. The molecule has 0 unspecified atom stereocenters. The number of carboxylic acids is 1. The molecule has 1 saturated heterocycles. The maximum Gasteiger partial charge on any atom is 0.490 e. The van der Waals surface area contributed by atoms with Crippen molar-refractivity contribution in [3.8, 4) is 5.75 Å². The number of hydrogen-bond acceptors (Lipinski definition) is 10. The minimum Gasteiger partial charge on any atom is -0.508 e. The number of halogens is 9. The highest BCUT2D eigenvalue weighted by Crippen LogP contribution is 2.36. The Labute approximate surface area is 474 Å². The molecule has 1 aliphatic heterocycles. The Morgan fingerprint density at radius 3 is 1.85 bits per heavy atom. The van der Waals surface area contributed by atoms with Crippen LogP contribution in [0.3, 0.4) is 0 Å². The lowest BCUT2D eigenvalue weighted by Gasteiger charge is -2.30. The van der Waals surface area contributed by atoms with Gasteiger partial charge in [-0.15, -0.1) is 0 Å². The maximum atomic E-state index is 14.5. The summed E-state index contributed by atoms with van der Waals surface area (Å²) in [6, 6.07) is 15.4. The molecular weight excluding hydrogens is 1130 g/mol. The van der Waals surface area contributed by atoms with Crippen molar-refractivity contribution in [2.24, 2.45) is 11.7 Å². The van der Waals surface area contributed by atoms with Crippen LogP contribution in [-0.2, 0) is 76.5 Å². The fourth-order valence-electron chi connectivity index (χ4n) is 8.89. The number of likely N-dealkylation sites (tertiary alicyclic amines) is 1. The highest BCUT2D eigenvalue weighted by Gasteiger charge is 2.41. The van der Waals surface area contributed by atoms with Crippen LogP contribution < -0.4 is 37.6 Å². The molecule has 19 nitrogen and oxygen atoms in total. The Hall–Kier alpha value is -8.69. The molecular formula is C56H62F9N9O10. The first-order valence-corrected chi connectivity index (χ1v) is 26.1. The fourth-order valence-corrected chi connectivity index (χ4v) is 8.89. The maximum absolute atomic E-state index is 14.5. The summed E-state index contributed by atoms with van der Waals surface area (Å²) >= 11 is 0. The number of phenolic OH excluding ortho intramolecular Hbond substituents is 1. The quantitative estimate of drug-likeness (QED) is 0.0395. The van der Waals surface area contributed by atoms with Crippen molar-refractivity contribution in [2.75, 3.05) is 13.1 Å². The van der Waals surface area contributed by atoms with Crippen LogP contribution >= 0.6 is 0 Å². The number of nitrogens with zero attached hydrogens (tertiary/aromatic N) is 1. The van der Waals surface area contributed by atoms with Crippen LogP contribution in [0.2, 0.25) is 0 Å². The molecule has 1 aromatic heterocycles. The van der Waals surface area contributed by atoms with Crippen LogP contribution in [0.5, 0.6) is 5.75 Å². The summed E-state index contributed by atoms with van der Waals surface area (Å²) < 4.78 is 114. The number of nitrogens with one attached hydrogen (secondary N) is 7. The average molecular weight is 1190 g/mol. The number of carboxylic acid groups (broad SMARTS) is 1. The predicted molar refractivity (Wildman–Crippen MR) is 285 cm³/mol. The van der Waals surface area contributed by atoms with Crippen LogP contribution in [-0.4, -0.2) is 123 Å². The lowest BCUT2D eigenvalue weighted by atomic mass is 10.00. The van der Waals surface area contributed by atoms with E-state index < -0.39 is 132 Å². The number of carbonyl (C=O) groups is 8. The molecule has 0 bridgehead atoms. The number of para-hydroxylation sites is 1. The standard InChI is InChI=1S/C54H61F6N9O8.C2HF3O2/c1-30(2)20-42(50(75)67-43(25-35-28-62-41-13-8-7-12-39(35)41)49(74)63-27-34-21-36(53(55,56)57)26-37(22-34)54(58,59)60)68-51(76)45-14-9-19-69(45)52(77)44(24-32-10-5-4-6-11-32)66-46(71)29-64-47(72)31(3)65-48(73)40(61)23-33-15-17-38(70)18-16-33;3-2(4,5)1(6)7/h4-8,10-13,15-18,21-22,26,28,30-31,40,42-45,62,70H,9,14,19-20,23-25,27,29,61H2,1-3H3,(H,63,74)(H,64,72)(H,65,73)(H,66,71)(H,67,75)(H,68,76);(H,6,7)/t31-,40+,42+,43+,44+,45+;/m1./s1. The van der Waals surface area contributed by atoms with Crippen LogP contribution in [0.25, 0.3) is 10.9 Å². The third-order valence-electron chi connectivity index (χ3n) is 13.1. The van der Waals surface area contributed by atoms with Gasteiger partial charge in [-0.3, -0.25) is 33.6 Å². The number of fused-ring (bicyclic) bond motifs is 1. The second-order valence-corrected chi connectivity index (χ2v) is 20.2.